The van der Waals surface area contributed by atoms with E-state index in [2.05, 4.69) is 9.97 Å². The first-order valence-corrected chi connectivity index (χ1v) is 6.98. The molecular weight excluding hydrogens is 319 g/mol. The minimum Gasteiger partial charge on any atom is -0.366 e. The van der Waals surface area contributed by atoms with Gasteiger partial charge in [-0.3, -0.25) is 4.79 Å². The van der Waals surface area contributed by atoms with E-state index in [4.69, 9.17) is 5.73 Å². The molecule has 0 unspecified atom stereocenters. The van der Waals surface area contributed by atoms with Crippen LogP contribution < -0.4 is 5.73 Å². The van der Waals surface area contributed by atoms with Crippen LogP contribution >= 0.6 is 0 Å². The van der Waals surface area contributed by atoms with Gasteiger partial charge < -0.3 is 10.7 Å². The van der Waals surface area contributed by atoms with Crippen molar-refractivity contribution in [3.8, 4) is 0 Å². The SMILES string of the molecule is NC(=O)C(=Cc1c[nH]c2ncccc12)c1ccccc1C(F)(F)F. The van der Waals surface area contributed by atoms with E-state index in [0.717, 1.165) is 6.07 Å². The van der Waals surface area contributed by atoms with Gasteiger partial charge in [-0.05, 0) is 29.8 Å². The summed E-state index contributed by atoms with van der Waals surface area (Å²) in [5, 5.41) is 0.681. The van der Waals surface area contributed by atoms with Crippen LogP contribution in [0.3, 0.4) is 0 Å². The molecule has 4 nitrogen and oxygen atoms in total. The summed E-state index contributed by atoms with van der Waals surface area (Å²) in [7, 11) is 0. The van der Waals surface area contributed by atoms with Crippen LogP contribution in [0.4, 0.5) is 13.2 Å². The minimum atomic E-state index is -4.59. The van der Waals surface area contributed by atoms with Gasteiger partial charge in [0.15, 0.2) is 0 Å². The van der Waals surface area contributed by atoms with Gasteiger partial charge >= 0.3 is 6.18 Å². The van der Waals surface area contributed by atoms with Crippen LogP contribution in [0.25, 0.3) is 22.7 Å². The van der Waals surface area contributed by atoms with Gasteiger partial charge in [0, 0.05) is 28.9 Å². The number of alkyl halides is 3. The summed E-state index contributed by atoms with van der Waals surface area (Å²) in [4.78, 5) is 18.8. The topological polar surface area (TPSA) is 71.8 Å². The summed E-state index contributed by atoms with van der Waals surface area (Å²) < 4.78 is 39.6. The van der Waals surface area contributed by atoms with E-state index in [1.54, 1.807) is 24.5 Å². The number of benzene rings is 1. The number of halogens is 3. The molecule has 24 heavy (non-hydrogen) atoms. The van der Waals surface area contributed by atoms with Crippen LogP contribution in [0.5, 0.6) is 0 Å². The van der Waals surface area contributed by atoms with Gasteiger partial charge in [-0.15, -0.1) is 0 Å². The predicted molar refractivity (Wildman–Crippen MR) is 84.6 cm³/mol. The molecule has 0 radical (unpaired) electrons. The number of nitrogens with zero attached hydrogens (tertiary/aromatic N) is 1. The Kier molecular flexibility index (Phi) is 3.84. The maximum atomic E-state index is 13.2. The van der Waals surface area contributed by atoms with Crippen LogP contribution in [0.1, 0.15) is 16.7 Å². The standard InChI is InChI=1S/C17H12F3N3O/c18-17(19,20)14-6-2-1-4-12(14)13(15(21)24)8-10-9-23-16-11(10)5-3-7-22-16/h1-9H,(H2,21,24)(H,22,23). The molecule has 0 atom stereocenters. The number of hydrogen-bond donors (Lipinski definition) is 2. The van der Waals surface area contributed by atoms with Crippen molar-refractivity contribution in [3.05, 3.63) is 65.5 Å². The van der Waals surface area contributed by atoms with E-state index in [0.29, 0.717) is 16.6 Å². The Hall–Kier alpha value is -3.09. The molecule has 0 aliphatic rings. The van der Waals surface area contributed by atoms with Crippen LogP contribution in [0.15, 0.2) is 48.8 Å². The number of carbonyl (C=O) groups is 1. The van der Waals surface area contributed by atoms with E-state index in [1.807, 2.05) is 0 Å². The number of hydrogen-bond acceptors (Lipinski definition) is 2. The fourth-order valence-corrected chi connectivity index (χ4v) is 2.50. The minimum absolute atomic E-state index is 0.215. The van der Waals surface area contributed by atoms with Gasteiger partial charge in [0.2, 0.25) is 5.91 Å². The second kappa shape index (κ2) is 5.84. The molecule has 0 aliphatic heterocycles. The van der Waals surface area contributed by atoms with E-state index >= 15 is 0 Å². The van der Waals surface area contributed by atoms with Gasteiger partial charge in [-0.2, -0.15) is 13.2 Å². The van der Waals surface area contributed by atoms with Crippen molar-refractivity contribution in [1.29, 1.82) is 0 Å². The molecule has 2 aromatic heterocycles. The third kappa shape index (κ3) is 2.88. The van der Waals surface area contributed by atoms with Gasteiger partial charge in [-0.1, -0.05) is 18.2 Å². The maximum absolute atomic E-state index is 13.2. The molecule has 0 aliphatic carbocycles. The summed E-state index contributed by atoms with van der Waals surface area (Å²) in [6.45, 7) is 0. The maximum Gasteiger partial charge on any atom is 0.417 e. The summed E-state index contributed by atoms with van der Waals surface area (Å²) in [6, 6.07) is 8.29. The number of aromatic amines is 1. The Bertz CT molecular complexity index is 941. The lowest BCUT2D eigenvalue weighted by molar-refractivity contribution is -0.137. The molecule has 1 amide bonds. The largest absolute Gasteiger partial charge is 0.417 e. The normalized spacial score (nSPS) is 12.5. The molecule has 0 saturated heterocycles. The van der Waals surface area contributed by atoms with Crippen molar-refractivity contribution < 1.29 is 18.0 Å². The van der Waals surface area contributed by atoms with Gasteiger partial charge in [0.1, 0.15) is 5.65 Å². The van der Waals surface area contributed by atoms with Gasteiger partial charge in [0.25, 0.3) is 0 Å². The molecule has 0 fully saturated rings. The Morgan fingerprint density at radius 1 is 1.17 bits per heavy atom. The van der Waals surface area contributed by atoms with Crippen molar-refractivity contribution in [2.45, 2.75) is 6.18 Å². The average Bonchev–Trinajstić information content (AvgIpc) is 2.94. The second-order valence-corrected chi connectivity index (χ2v) is 5.11. The number of carbonyl (C=O) groups excluding carboxylic acids is 1. The molecule has 122 valence electrons. The highest BCUT2D eigenvalue weighted by Crippen LogP contribution is 2.35. The third-order valence-corrected chi connectivity index (χ3v) is 3.57. The fraction of sp³-hybridized carbons (Fsp3) is 0.0588. The van der Waals surface area contributed by atoms with Crippen molar-refractivity contribution in [3.63, 3.8) is 0 Å². The summed E-state index contributed by atoms with van der Waals surface area (Å²) in [5.74, 6) is -0.940. The van der Waals surface area contributed by atoms with Crippen molar-refractivity contribution >= 4 is 28.6 Å². The Morgan fingerprint density at radius 2 is 1.92 bits per heavy atom. The number of H-pyrrole nitrogens is 1. The van der Waals surface area contributed by atoms with E-state index in [9.17, 15) is 18.0 Å². The quantitative estimate of drug-likeness (QED) is 0.720. The van der Waals surface area contributed by atoms with Gasteiger partial charge in [-0.25, -0.2) is 4.98 Å². The van der Waals surface area contributed by atoms with Crippen LogP contribution in [-0.2, 0) is 11.0 Å². The highest BCUT2D eigenvalue weighted by Gasteiger charge is 2.34. The first-order chi connectivity index (χ1) is 11.4. The van der Waals surface area contributed by atoms with E-state index in [-0.39, 0.29) is 11.1 Å². The number of aromatic nitrogens is 2. The van der Waals surface area contributed by atoms with Crippen LogP contribution in [0, 0.1) is 0 Å². The highest BCUT2D eigenvalue weighted by molar-refractivity contribution is 6.24. The highest BCUT2D eigenvalue weighted by atomic mass is 19.4. The first kappa shape index (κ1) is 15.8. The molecule has 3 rings (SSSR count). The molecular formula is C17H12F3N3O. The number of nitrogens with two attached hydrogens (primary N) is 1. The molecule has 1 aromatic carbocycles. The second-order valence-electron chi connectivity index (χ2n) is 5.11. The molecule has 0 bridgehead atoms. The number of nitrogens with one attached hydrogen (secondary N) is 1. The third-order valence-electron chi connectivity index (χ3n) is 3.57. The number of primary amides is 1. The lowest BCUT2D eigenvalue weighted by atomic mass is 9.97. The number of fused-ring (bicyclic) bond motifs is 1. The molecule has 3 N–H and O–H groups in total. The number of pyridine rings is 1. The molecule has 0 spiro atoms. The van der Waals surface area contributed by atoms with Crippen LogP contribution in [0.2, 0.25) is 0 Å². The summed E-state index contributed by atoms with van der Waals surface area (Å²) in [6.07, 6.45) is -0.0998. The predicted octanol–water partition coefficient (Wildman–Crippen LogP) is 3.61. The Labute approximate surface area is 134 Å². The van der Waals surface area contributed by atoms with Crippen molar-refractivity contribution in [2.75, 3.05) is 0 Å². The Morgan fingerprint density at radius 3 is 2.62 bits per heavy atom. The van der Waals surface area contributed by atoms with Crippen LogP contribution in [-0.4, -0.2) is 15.9 Å². The smallest absolute Gasteiger partial charge is 0.366 e. The molecule has 0 saturated carbocycles. The lowest BCUT2D eigenvalue weighted by Gasteiger charge is -2.13. The zero-order valence-electron chi connectivity index (χ0n) is 12.3. The van der Waals surface area contributed by atoms with Crippen molar-refractivity contribution in [2.24, 2.45) is 5.73 Å². The fourth-order valence-electron chi connectivity index (χ4n) is 2.50. The first-order valence-electron chi connectivity index (χ1n) is 6.98. The zero-order chi connectivity index (χ0) is 17.3. The molecule has 7 heteroatoms. The van der Waals surface area contributed by atoms with E-state index in [1.165, 1.54) is 24.3 Å². The number of rotatable bonds is 3. The monoisotopic (exact) mass is 331 g/mol. The number of amides is 1. The summed E-state index contributed by atoms with van der Waals surface area (Å²) in [5.41, 5.74) is 5.06. The van der Waals surface area contributed by atoms with E-state index < -0.39 is 17.6 Å². The Balaban J connectivity index is 2.21. The average molecular weight is 331 g/mol. The zero-order valence-corrected chi connectivity index (χ0v) is 12.3. The lowest BCUT2D eigenvalue weighted by Crippen LogP contribution is -2.17. The van der Waals surface area contributed by atoms with Gasteiger partial charge in [0.05, 0.1) is 5.56 Å². The molecule has 3 aromatic rings. The summed E-state index contributed by atoms with van der Waals surface area (Å²) >= 11 is 0. The molecule has 2 heterocycles. The van der Waals surface area contributed by atoms with Crippen molar-refractivity contribution in [1.82, 2.24) is 9.97 Å².